The van der Waals surface area contributed by atoms with Crippen LogP contribution in [0.4, 0.5) is 13.2 Å². The van der Waals surface area contributed by atoms with Crippen molar-refractivity contribution in [2.75, 3.05) is 13.1 Å². The van der Waals surface area contributed by atoms with Gasteiger partial charge in [0.1, 0.15) is 5.82 Å². The number of rotatable bonds is 2. The monoisotopic (exact) mass is 309 g/mol. The largest absolute Gasteiger partial charge is 0.416 e. The predicted octanol–water partition coefficient (Wildman–Crippen LogP) is 3.57. The standard InChI is InChI=1S/C16H18F3N3/c1-22-14(10-21-15(22)11-5-7-20-8-6-11)12-3-2-4-13(9-12)16(17,18)19/h2-4,9-11,20H,5-8H2,1H3. The van der Waals surface area contributed by atoms with Crippen LogP contribution in [-0.2, 0) is 13.2 Å². The maximum absolute atomic E-state index is 12.9. The highest BCUT2D eigenvalue weighted by Gasteiger charge is 2.30. The van der Waals surface area contributed by atoms with E-state index < -0.39 is 11.7 Å². The van der Waals surface area contributed by atoms with Crippen LogP contribution in [0.15, 0.2) is 30.5 Å². The Balaban J connectivity index is 1.94. The summed E-state index contributed by atoms with van der Waals surface area (Å²) >= 11 is 0. The van der Waals surface area contributed by atoms with Crippen LogP contribution in [0.2, 0.25) is 0 Å². The third-order valence-corrected chi connectivity index (χ3v) is 4.21. The number of imidazole rings is 1. The minimum absolute atomic E-state index is 0.366. The normalized spacial score (nSPS) is 16.9. The number of hydrogen-bond acceptors (Lipinski definition) is 2. The van der Waals surface area contributed by atoms with Gasteiger partial charge < -0.3 is 9.88 Å². The molecule has 6 heteroatoms. The fraction of sp³-hybridized carbons (Fsp3) is 0.438. The van der Waals surface area contributed by atoms with E-state index in [1.54, 1.807) is 12.3 Å². The summed E-state index contributed by atoms with van der Waals surface area (Å²) in [4.78, 5) is 4.46. The first-order valence-corrected chi connectivity index (χ1v) is 7.37. The second-order valence-electron chi connectivity index (χ2n) is 5.66. The Hall–Kier alpha value is -1.82. The smallest absolute Gasteiger partial charge is 0.331 e. The molecule has 0 amide bonds. The second kappa shape index (κ2) is 5.76. The van der Waals surface area contributed by atoms with E-state index in [0.29, 0.717) is 11.5 Å². The molecule has 3 nitrogen and oxygen atoms in total. The molecule has 0 saturated carbocycles. The zero-order valence-electron chi connectivity index (χ0n) is 12.3. The minimum atomic E-state index is -4.33. The van der Waals surface area contributed by atoms with Crippen molar-refractivity contribution in [1.82, 2.24) is 14.9 Å². The zero-order chi connectivity index (χ0) is 15.7. The van der Waals surface area contributed by atoms with Gasteiger partial charge in [-0.25, -0.2) is 4.98 Å². The number of nitrogens with zero attached hydrogens (tertiary/aromatic N) is 2. The molecule has 22 heavy (non-hydrogen) atoms. The van der Waals surface area contributed by atoms with Crippen molar-refractivity contribution in [3.8, 4) is 11.3 Å². The third kappa shape index (κ3) is 2.88. The number of hydrogen-bond donors (Lipinski definition) is 1. The molecule has 1 fully saturated rings. The van der Waals surface area contributed by atoms with Gasteiger partial charge in [0, 0.05) is 18.5 Å². The van der Waals surface area contributed by atoms with E-state index in [4.69, 9.17) is 0 Å². The lowest BCUT2D eigenvalue weighted by Crippen LogP contribution is -2.27. The van der Waals surface area contributed by atoms with Crippen LogP contribution >= 0.6 is 0 Å². The Kier molecular flexibility index (Phi) is 3.95. The van der Waals surface area contributed by atoms with E-state index >= 15 is 0 Å². The van der Waals surface area contributed by atoms with Gasteiger partial charge in [0.2, 0.25) is 0 Å². The molecule has 0 radical (unpaired) electrons. The quantitative estimate of drug-likeness (QED) is 0.919. The fourth-order valence-electron chi connectivity index (χ4n) is 3.01. The Labute approximate surface area is 127 Å². The van der Waals surface area contributed by atoms with Gasteiger partial charge in [-0.3, -0.25) is 0 Å². The van der Waals surface area contributed by atoms with Crippen molar-refractivity contribution in [2.24, 2.45) is 7.05 Å². The first-order valence-electron chi connectivity index (χ1n) is 7.37. The number of benzene rings is 1. The molecule has 0 atom stereocenters. The van der Waals surface area contributed by atoms with Crippen LogP contribution in [0.1, 0.15) is 30.1 Å². The molecule has 2 heterocycles. The molecule has 1 aromatic carbocycles. The predicted molar refractivity (Wildman–Crippen MR) is 78.5 cm³/mol. The van der Waals surface area contributed by atoms with E-state index in [0.717, 1.165) is 43.5 Å². The number of halogens is 3. The van der Waals surface area contributed by atoms with Crippen LogP contribution in [-0.4, -0.2) is 22.6 Å². The van der Waals surface area contributed by atoms with E-state index in [1.165, 1.54) is 12.1 Å². The van der Waals surface area contributed by atoms with Crippen molar-refractivity contribution >= 4 is 0 Å². The highest BCUT2D eigenvalue weighted by atomic mass is 19.4. The summed E-state index contributed by atoms with van der Waals surface area (Å²) in [7, 11) is 1.87. The Morgan fingerprint density at radius 1 is 1.23 bits per heavy atom. The number of nitrogens with one attached hydrogen (secondary N) is 1. The van der Waals surface area contributed by atoms with Crippen molar-refractivity contribution in [3.63, 3.8) is 0 Å². The summed E-state index contributed by atoms with van der Waals surface area (Å²) in [6.45, 7) is 1.91. The molecule has 1 N–H and O–H groups in total. The molecule has 2 aromatic rings. The molecule has 1 saturated heterocycles. The molecule has 1 aliphatic heterocycles. The topological polar surface area (TPSA) is 29.9 Å². The Morgan fingerprint density at radius 3 is 2.64 bits per heavy atom. The lowest BCUT2D eigenvalue weighted by atomic mass is 9.97. The highest BCUT2D eigenvalue weighted by molar-refractivity contribution is 5.60. The van der Waals surface area contributed by atoms with E-state index in [1.807, 2.05) is 11.6 Å². The van der Waals surface area contributed by atoms with Crippen molar-refractivity contribution in [1.29, 1.82) is 0 Å². The maximum atomic E-state index is 12.9. The molecule has 1 aromatic heterocycles. The molecule has 0 bridgehead atoms. The zero-order valence-corrected chi connectivity index (χ0v) is 12.3. The summed E-state index contributed by atoms with van der Waals surface area (Å²) in [6.07, 6.45) is -0.640. The van der Waals surface area contributed by atoms with Crippen LogP contribution in [0.25, 0.3) is 11.3 Å². The van der Waals surface area contributed by atoms with Crippen LogP contribution < -0.4 is 5.32 Å². The number of piperidine rings is 1. The van der Waals surface area contributed by atoms with Crippen molar-refractivity contribution in [3.05, 3.63) is 41.9 Å². The first kappa shape index (κ1) is 15.1. The lowest BCUT2D eigenvalue weighted by molar-refractivity contribution is -0.137. The summed E-state index contributed by atoms with van der Waals surface area (Å²) < 4.78 is 40.5. The first-order chi connectivity index (χ1) is 10.5. The van der Waals surface area contributed by atoms with Gasteiger partial charge in [0.15, 0.2) is 0 Å². The summed E-state index contributed by atoms with van der Waals surface area (Å²) in [5.41, 5.74) is 0.638. The molecule has 0 unspecified atom stereocenters. The Morgan fingerprint density at radius 2 is 1.95 bits per heavy atom. The number of aromatic nitrogens is 2. The molecule has 118 valence electrons. The molecular formula is C16H18F3N3. The van der Waals surface area contributed by atoms with Crippen LogP contribution in [0, 0.1) is 0 Å². The summed E-state index contributed by atoms with van der Waals surface area (Å²) in [5, 5.41) is 3.30. The average molecular weight is 309 g/mol. The molecule has 0 spiro atoms. The molecular weight excluding hydrogens is 291 g/mol. The van der Waals surface area contributed by atoms with E-state index in [9.17, 15) is 13.2 Å². The fourth-order valence-corrected chi connectivity index (χ4v) is 3.01. The van der Waals surface area contributed by atoms with E-state index in [2.05, 4.69) is 10.3 Å². The molecule has 1 aliphatic rings. The third-order valence-electron chi connectivity index (χ3n) is 4.21. The van der Waals surface area contributed by atoms with E-state index in [-0.39, 0.29) is 0 Å². The maximum Gasteiger partial charge on any atom is 0.416 e. The SMILES string of the molecule is Cn1c(-c2cccc(C(F)(F)F)c2)cnc1C1CCNCC1. The summed E-state index contributed by atoms with van der Waals surface area (Å²) in [5.74, 6) is 1.32. The molecule has 0 aliphatic carbocycles. The minimum Gasteiger partial charge on any atom is -0.331 e. The van der Waals surface area contributed by atoms with Gasteiger partial charge in [-0.1, -0.05) is 12.1 Å². The average Bonchev–Trinajstić information content (AvgIpc) is 2.89. The summed E-state index contributed by atoms with van der Waals surface area (Å²) in [6, 6.07) is 5.41. The van der Waals surface area contributed by atoms with Crippen molar-refractivity contribution < 1.29 is 13.2 Å². The van der Waals surface area contributed by atoms with Gasteiger partial charge in [-0.2, -0.15) is 13.2 Å². The second-order valence-corrected chi connectivity index (χ2v) is 5.66. The van der Waals surface area contributed by atoms with Gasteiger partial charge in [0.25, 0.3) is 0 Å². The van der Waals surface area contributed by atoms with Gasteiger partial charge in [0.05, 0.1) is 17.5 Å². The van der Waals surface area contributed by atoms with Crippen LogP contribution in [0.3, 0.4) is 0 Å². The number of alkyl halides is 3. The Bertz CT molecular complexity index is 655. The molecule has 3 rings (SSSR count). The lowest BCUT2D eigenvalue weighted by Gasteiger charge is -2.22. The van der Waals surface area contributed by atoms with Crippen LogP contribution in [0.5, 0.6) is 0 Å². The highest BCUT2D eigenvalue weighted by Crippen LogP contribution is 2.33. The van der Waals surface area contributed by atoms with Gasteiger partial charge in [-0.15, -0.1) is 0 Å². The van der Waals surface area contributed by atoms with Gasteiger partial charge in [-0.05, 0) is 38.1 Å². The van der Waals surface area contributed by atoms with Gasteiger partial charge >= 0.3 is 6.18 Å². The van der Waals surface area contributed by atoms with Crippen molar-refractivity contribution in [2.45, 2.75) is 24.9 Å².